The molecule has 0 fully saturated rings. The molecule has 1 N–H and O–H groups in total. The van der Waals surface area contributed by atoms with Crippen LogP contribution < -0.4 is 10.9 Å². The molecule has 0 spiro atoms. The van der Waals surface area contributed by atoms with Crippen molar-refractivity contribution in [2.75, 3.05) is 12.3 Å². The van der Waals surface area contributed by atoms with Crippen molar-refractivity contribution >= 4 is 28.6 Å². The summed E-state index contributed by atoms with van der Waals surface area (Å²) in [4.78, 5) is 29.7. The lowest BCUT2D eigenvalue weighted by molar-refractivity contribution is -0.121. The van der Waals surface area contributed by atoms with E-state index in [2.05, 4.69) is 17.2 Å². The predicted octanol–water partition coefficient (Wildman–Crippen LogP) is 4.70. The average molecular weight is 428 g/mol. The molecule has 5 nitrogen and oxygen atoms in total. The van der Waals surface area contributed by atoms with Crippen LogP contribution in [0.2, 0.25) is 0 Å². The van der Waals surface area contributed by atoms with Gasteiger partial charge in [0, 0.05) is 18.7 Å². The molecule has 0 atom stereocenters. The van der Waals surface area contributed by atoms with Gasteiger partial charge in [-0.2, -0.15) is 0 Å². The van der Waals surface area contributed by atoms with Crippen molar-refractivity contribution in [1.82, 2.24) is 14.9 Å². The molecule has 0 saturated heterocycles. The van der Waals surface area contributed by atoms with Crippen molar-refractivity contribution in [3.8, 4) is 5.69 Å². The van der Waals surface area contributed by atoms with Crippen LogP contribution in [0.4, 0.5) is 4.39 Å². The summed E-state index contributed by atoms with van der Waals surface area (Å²) in [6, 6.07) is 13.1. The summed E-state index contributed by atoms with van der Waals surface area (Å²) in [7, 11) is 0. The van der Waals surface area contributed by atoms with Crippen LogP contribution in [-0.2, 0) is 4.79 Å². The van der Waals surface area contributed by atoms with Crippen molar-refractivity contribution in [3.05, 3.63) is 64.7 Å². The SMILES string of the molecule is CCCCCNC(=O)CCCSc1nc2ccccc2c(=O)n1-c1cccc(F)c1. The minimum absolute atomic E-state index is 0.0423. The third-order valence-corrected chi connectivity index (χ3v) is 5.72. The number of unbranched alkanes of at least 4 members (excludes halogenated alkanes) is 2. The first-order valence-electron chi connectivity index (χ1n) is 10.3. The van der Waals surface area contributed by atoms with Crippen molar-refractivity contribution in [2.24, 2.45) is 0 Å². The minimum Gasteiger partial charge on any atom is -0.356 e. The van der Waals surface area contributed by atoms with Crippen LogP contribution in [0.3, 0.4) is 0 Å². The number of hydrogen-bond donors (Lipinski definition) is 1. The third-order valence-electron chi connectivity index (χ3n) is 4.69. The summed E-state index contributed by atoms with van der Waals surface area (Å²) in [6.07, 6.45) is 4.32. The van der Waals surface area contributed by atoms with E-state index in [0.717, 1.165) is 19.3 Å². The van der Waals surface area contributed by atoms with Crippen LogP contribution in [-0.4, -0.2) is 27.8 Å². The maximum absolute atomic E-state index is 13.8. The lowest BCUT2D eigenvalue weighted by atomic mass is 10.2. The number of nitrogens with zero attached hydrogens (tertiary/aromatic N) is 2. The smallest absolute Gasteiger partial charge is 0.266 e. The fourth-order valence-corrected chi connectivity index (χ4v) is 4.09. The maximum Gasteiger partial charge on any atom is 0.266 e. The molecule has 0 saturated carbocycles. The van der Waals surface area contributed by atoms with Gasteiger partial charge in [0.2, 0.25) is 5.91 Å². The number of aromatic nitrogens is 2. The number of nitrogens with one attached hydrogen (secondary N) is 1. The molecule has 0 radical (unpaired) electrons. The largest absolute Gasteiger partial charge is 0.356 e. The monoisotopic (exact) mass is 427 g/mol. The van der Waals surface area contributed by atoms with Crippen LogP contribution in [0.25, 0.3) is 16.6 Å². The second-order valence-electron chi connectivity index (χ2n) is 7.04. The highest BCUT2D eigenvalue weighted by molar-refractivity contribution is 7.99. The number of amides is 1. The molecule has 0 aliphatic heterocycles. The highest BCUT2D eigenvalue weighted by Gasteiger charge is 2.14. The molecule has 30 heavy (non-hydrogen) atoms. The molecule has 2 aromatic carbocycles. The van der Waals surface area contributed by atoms with E-state index < -0.39 is 5.82 Å². The highest BCUT2D eigenvalue weighted by Crippen LogP contribution is 2.22. The fraction of sp³-hybridized carbons (Fsp3) is 0.348. The van der Waals surface area contributed by atoms with Crippen LogP contribution in [0.5, 0.6) is 0 Å². The topological polar surface area (TPSA) is 64.0 Å². The zero-order valence-corrected chi connectivity index (χ0v) is 17.9. The first kappa shape index (κ1) is 22.0. The van der Waals surface area contributed by atoms with Crippen molar-refractivity contribution in [3.63, 3.8) is 0 Å². The second-order valence-corrected chi connectivity index (χ2v) is 8.10. The minimum atomic E-state index is -0.414. The molecular formula is C23H26FN3O2S. The van der Waals surface area contributed by atoms with E-state index in [4.69, 9.17) is 0 Å². The second kappa shape index (κ2) is 10.9. The lowest BCUT2D eigenvalue weighted by Gasteiger charge is -2.13. The molecule has 1 aromatic heterocycles. The number of para-hydroxylation sites is 1. The summed E-state index contributed by atoms with van der Waals surface area (Å²) >= 11 is 1.40. The molecule has 3 rings (SSSR count). The Morgan fingerprint density at radius 1 is 1.13 bits per heavy atom. The van der Waals surface area contributed by atoms with E-state index in [9.17, 15) is 14.0 Å². The quantitative estimate of drug-likeness (QED) is 0.289. The summed E-state index contributed by atoms with van der Waals surface area (Å²) in [6.45, 7) is 2.84. The average Bonchev–Trinajstić information content (AvgIpc) is 2.74. The summed E-state index contributed by atoms with van der Waals surface area (Å²) in [5.74, 6) is 0.256. The van der Waals surface area contributed by atoms with E-state index in [-0.39, 0.29) is 11.5 Å². The Bertz CT molecular complexity index is 1070. The van der Waals surface area contributed by atoms with Gasteiger partial charge in [-0.25, -0.2) is 9.37 Å². The molecular weight excluding hydrogens is 401 g/mol. The zero-order chi connectivity index (χ0) is 21.3. The Balaban J connectivity index is 1.74. The molecule has 0 aliphatic rings. The Morgan fingerprint density at radius 2 is 1.97 bits per heavy atom. The van der Waals surface area contributed by atoms with Crippen LogP contribution >= 0.6 is 11.8 Å². The number of benzene rings is 2. The first-order valence-corrected chi connectivity index (χ1v) is 11.3. The number of carbonyl (C=O) groups excluding carboxylic acids is 1. The highest BCUT2D eigenvalue weighted by atomic mass is 32.2. The van der Waals surface area contributed by atoms with Crippen LogP contribution in [0.1, 0.15) is 39.0 Å². The number of fused-ring (bicyclic) bond motifs is 1. The van der Waals surface area contributed by atoms with Gasteiger partial charge in [-0.05, 0) is 43.2 Å². The summed E-state index contributed by atoms with van der Waals surface area (Å²) in [5, 5.41) is 3.91. The molecule has 0 unspecified atom stereocenters. The number of rotatable bonds is 10. The van der Waals surface area contributed by atoms with Crippen molar-refractivity contribution in [1.29, 1.82) is 0 Å². The van der Waals surface area contributed by atoms with E-state index >= 15 is 0 Å². The Morgan fingerprint density at radius 3 is 2.77 bits per heavy atom. The van der Waals surface area contributed by atoms with Gasteiger partial charge in [-0.1, -0.05) is 49.7 Å². The molecule has 0 aliphatic carbocycles. The molecule has 7 heteroatoms. The number of hydrogen-bond acceptors (Lipinski definition) is 4. The number of carbonyl (C=O) groups is 1. The predicted molar refractivity (Wildman–Crippen MR) is 120 cm³/mol. The summed E-state index contributed by atoms with van der Waals surface area (Å²) in [5.41, 5.74) is 0.808. The van der Waals surface area contributed by atoms with Crippen molar-refractivity contribution in [2.45, 2.75) is 44.2 Å². The van der Waals surface area contributed by atoms with Crippen LogP contribution in [0.15, 0.2) is 58.5 Å². The Hall–Kier alpha value is -2.67. The maximum atomic E-state index is 13.8. The van der Waals surface area contributed by atoms with Gasteiger partial charge >= 0.3 is 0 Å². The van der Waals surface area contributed by atoms with Crippen molar-refractivity contribution < 1.29 is 9.18 Å². The third kappa shape index (κ3) is 5.69. The zero-order valence-electron chi connectivity index (χ0n) is 17.1. The molecule has 158 valence electrons. The van der Waals surface area contributed by atoms with Gasteiger partial charge in [0.1, 0.15) is 5.82 Å². The molecule has 0 bridgehead atoms. The van der Waals surface area contributed by atoms with E-state index in [0.29, 0.717) is 46.9 Å². The first-order chi connectivity index (χ1) is 14.6. The van der Waals surface area contributed by atoms with Gasteiger partial charge in [0.25, 0.3) is 5.56 Å². The van der Waals surface area contributed by atoms with Crippen LogP contribution in [0, 0.1) is 5.82 Å². The van der Waals surface area contributed by atoms with Gasteiger partial charge in [-0.15, -0.1) is 0 Å². The van der Waals surface area contributed by atoms with E-state index in [1.54, 1.807) is 30.3 Å². The van der Waals surface area contributed by atoms with Gasteiger partial charge in [0.05, 0.1) is 16.6 Å². The normalized spacial score (nSPS) is 11.0. The Labute approximate surface area is 179 Å². The summed E-state index contributed by atoms with van der Waals surface area (Å²) < 4.78 is 15.2. The van der Waals surface area contributed by atoms with E-state index in [1.807, 2.05) is 6.07 Å². The van der Waals surface area contributed by atoms with Gasteiger partial charge < -0.3 is 5.32 Å². The molecule has 1 amide bonds. The van der Waals surface area contributed by atoms with E-state index in [1.165, 1.54) is 28.5 Å². The Kier molecular flexibility index (Phi) is 8.02. The standard InChI is InChI=1S/C23H26FN3O2S/c1-2-3-6-14-25-21(28)13-8-15-30-23-26-20-12-5-4-11-19(20)22(29)27(23)18-10-7-9-17(24)16-18/h4-5,7,9-12,16H,2-3,6,8,13-15H2,1H3,(H,25,28). The molecule has 3 aromatic rings. The molecule has 1 heterocycles. The fourth-order valence-electron chi connectivity index (χ4n) is 3.14. The number of halogens is 1. The number of thioether (sulfide) groups is 1. The lowest BCUT2D eigenvalue weighted by Crippen LogP contribution is -2.24. The van der Waals surface area contributed by atoms with Gasteiger partial charge in [-0.3, -0.25) is 14.2 Å². The van der Waals surface area contributed by atoms with Gasteiger partial charge in [0.15, 0.2) is 5.16 Å².